The lowest BCUT2D eigenvalue weighted by atomic mass is 9.86. The predicted octanol–water partition coefficient (Wildman–Crippen LogP) is 1.58. The maximum atomic E-state index is 13.1. The van der Waals surface area contributed by atoms with Crippen molar-refractivity contribution in [2.75, 3.05) is 0 Å². The summed E-state index contributed by atoms with van der Waals surface area (Å²) in [6.45, 7) is 2.88. The van der Waals surface area contributed by atoms with Crippen LogP contribution in [-0.4, -0.2) is 16.1 Å². The Morgan fingerprint density at radius 2 is 2.23 bits per heavy atom. The van der Waals surface area contributed by atoms with Gasteiger partial charge in [0.25, 0.3) is 0 Å². The molecule has 0 saturated carbocycles. The first kappa shape index (κ1) is 9.64. The van der Waals surface area contributed by atoms with Crippen molar-refractivity contribution in [3.63, 3.8) is 0 Å². The molecule has 0 fully saturated rings. The van der Waals surface area contributed by atoms with Gasteiger partial charge < -0.3 is 5.11 Å². The van der Waals surface area contributed by atoms with Gasteiger partial charge in [0, 0.05) is 11.8 Å². The van der Waals surface area contributed by atoms with E-state index in [1.165, 1.54) is 32.2 Å². The van der Waals surface area contributed by atoms with Crippen molar-refractivity contribution in [1.82, 2.24) is 4.98 Å². The van der Waals surface area contributed by atoms with Crippen LogP contribution < -0.4 is 0 Å². The van der Waals surface area contributed by atoms with E-state index in [1.807, 2.05) is 0 Å². The van der Waals surface area contributed by atoms with Crippen molar-refractivity contribution in [2.24, 2.45) is 0 Å². The van der Waals surface area contributed by atoms with E-state index in [1.54, 1.807) is 0 Å². The highest BCUT2D eigenvalue weighted by Crippen LogP contribution is 2.24. The molecule has 4 heteroatoms. The smallest absolute Gasteiger partial charge is 0.313 e. The van der Waals surface area contributed by atoms with Gasteiger partial charge in [0.05, 0.1) is 5.41 Å². The summed E-state index contributed by atoms with van der Waals surface area (Å²) < 4.78 is 13.1. The summed E-state index contributed by atoms with van der Waals surface area (Å²) in [5, 5.41) is 8.82. The van der Waals surface area contributed by atoms with Crippen molar-refractivity contribution in [3.05, 3.63) is 29.8 Å². The van der Waals surface area contributed by atoms with Crippen molar-refractivity contribution < 1.29 is 14.3 Å². The second kappa shape index (κ2) is 3.12. The van der Waals surface area contributed by atoms with Crippen molar-refractivity contribution >= 4 is 5.97 Å². The van der Waals surface area contributed by atoms with E-state index < -0.39 is 17.3 Å². The van der Waals surface area contributed by atoms with Gasteiger partial charge in [-0.05, 0) is 19.9 Å². The molecule has 0 saturated heterocycles. The minimum absolute atomic E-state index is 0.0995. The lowest BCUT2D eigenvalue weighted by Crippen LogP contribution is -2.29. The number of carboxylic acid groups (broad SMARTS) is 1. The molecule has 0 radical (unpaired) electrons. The molecule has 0 aromatic carbocycles. The third kappa shape index (κ3) is 1.66. The van der Waals surface area contributed by atoms with E-state index in [4.69, 9.17) is 5.11 Å². The quantitative estimate of drug-likeness (QED) is 0.708. The van der Waals surface area contributed by atoms with Crippen LogP contribution in [0.2, 0.25) is 0 Å². The van der Waals surface area contributed by atoms with Crippen LogP contribution in [0.3, 0.4) is 0 Å². The highest BCUT2D eigenvalue weighted by atomic mass is 19.1. The number of pyridine rings is 1. The summed E-state index contributed by atoms with van der Waals surface area (Å²) in [5.74, 6) is -1.80. The predicted molar refractivity (Wildman–Crippen MR) is 44.9 cm³/mol. The monoisotopic (exact) mass is 183 g/mol. The fraction of sp³-hybridized carbons (Fsp3) is 0.333. The number of aromatic nitrogens is 1. The minimum atomic E-state index is -1.24. The van der Waals surface area contributed by atoms with Crippen LogP contribution in [0.5, 0.6) is 0 Å². The van der Waals surface area contributed by atoms with E-state index >= 15 is 0 Å². The highest BCUT2D eigenvalue weighted by Gasteiger charge is 2.32. The summed E-state index contributed by atoms with van der Waals surface area (Å²) in [6.07, 6.45) is 1.29. The summed E-state index contributed by atoms with van der Waals surface area (Å²) in [7, 11) is 0. The Balaban J connectivity index is 3.22. The number of hydrogen-bond donors (Lipinski definition) is 1. The van der Waals surface area contributed by atoms with Crippen LogP contribution in [0.4, 0.5) is 4.39 Å². The molecule has 1 N–H and O–H groups in total. The molecule has 1 heterocycles. The Morgan fingerprint density at radius 1 is 1.62 bits per heavy atom. The minimum Gasteiger partial charge on any atom is -0.481 e. The maximum absolute atomic E-state index is 13.1. The largest absolute Gasteiger partial charge is 0.481 e. The fourth-order valence-corrected chi connectivity index (χ4v) is 0.967. The Labute approximate surface area is 75.2 Å². The standard InChI is InChI=1S/C9H10FNO2/c1-9(2,8(12)13)6-4-3-5-11-7(6)10/h3-5H,1-2H3,(H,12,13). The van der Waals surface area contributed by atoms with E-state index in [0.717, 1.165) is 0 Å². The Morgan fingerprint density at radius 3 is 2.69 bits per heavy atom. The molecule has 0 aliphatic rings. The number of hydrogen-bond acceptors (Lipinski definition) is 2. The number of aliphatic carboxylic acids is 1. The molecule has 1 rings (SSSR count). The molecular formula is C9H10FNO2. The van der Waals surface area contributed by atoms with Crippen LogP contribution in [0.15, 0.2) is 18.3 Å². The van der Waals surface area contributed by atoms with Gasteiger partial charge in [-0.1, -0.05) is 6.07 Å². The zero-order valence-corrected chi connectivity index (χ0v) is 7.41. The summed E-state index contributed by atoms with van der Waals surface area (Å²) in [4.78, 5) is 14.2. The first-order valence-electron chi connectivity index (χ1n) is 3.80. The molecule has 0 aliphatic carbocycles. The zero-order chi connectivity index (χ0) is 10.1. The Kier molecular flexibility index (Phi) is 2.32. The normalized spacial score (nSPS) is 11.3. The van der Waals surface area contributed by atoms with E-state index in [2.05, 4.69) is 4.98 Å². The SMILES string of the molecule is CC(C)(C(=O)O)c1cccnc1F. The molecule has 13 heavy (non-hydrogen) atoms. The molecule has 0 aliphatic heterocycles. The van der Waals surface area contributed by atoms with Gasteiger partial charge in [0.15, 0.2) is 0 Å². The third-order valence-corrected chi connectivity index (χ3v) is 1.97. The Bertz CT molecular complexity index is 336. The topological polar surface area (TPSA) is 50.2 Å². The van der Waals surface area contributed by atoms with Gasteiger partial charge in [0.2, 0.25) is 5.95 Å². The number of carboxylic acids is 1. The van der Waals surface area contributed by atoms with Crippen LogP contribution in [0.1, 0.15) is 19.4 Å². The average molecular weight is 183 g/mol. The van der Waals surface area contributed by atoms with Crippen molar-refractivity contribution in [1.29, 1.82) is 0 Å². The number of carbonyl (C=O) groups is 1. The molecule has 1 aromatic heterocycles. The number of nitrogens with zero attached hydrogens (tertiary/aromatic N) is 1. The average Bonchev–Trinajstić information content (AvgIpc) is 2.04. The molecule has 0 atom stereocenters. The number of rotatable bonds is 2. The van der Waals surface area contributed by atoms with Crippen LogP contribution in [0, 0.1) is 5.95 Å². The van der Waals surface area contributed by atoms with Crippen molar-refractivity contribution in [2.45, 2.75) is 19.3 Å². The molecule has 0 unspecified atom stereocenters. The van der Waals surface area contributed by atoms with Gasteiger partial charge in [0.1, 0.15) is 0 Å². The van der Waals surface area contributed by atoms with E-state index in [9.17, 15) is 9.18 Å². The first-order valence-corrected chi connectivity index (χ1v) is 3.80. The van der Waals surface area contributed by atoms with Crippen molar-refractivity contribution in [3.8, 4) is 0 Å². The second-order valence-electron chi connectivity index (χ2n) is 3.27. The highest BCUT2D eigenvalue weighted by molar-refractivity contribution is 5.80. The Hall–Kier alpha value is -1.45. The second-order valence-corrected chi connectivity index (χ2v) is 3.27. The maximum Gasteiger partial charge on any atom is 0.313 e. The van der Waals surface area contributed by atoms with Gasteiger partial charge in [-0.15, -0.1) is 0 Å². The third-order valence-electron chi connectivity index (χ3n) is 1.97. The summed E-state index contributed by atoms with van der Waals surface area (Å²) >= 11 is 0. The van der Waals surface area contributed by atoms with E-state index in [0.29, 0.717) is 0 Å². The molecule has 0 spiro atoms. The molecule has 0 bridgehead atoms. The number of halogens is 1. The van der Waals surface area contributed by atoms with Crippen LogP contribution in [-0.2, 0) is 10.2 Å². The molecule has 3 nitrogen and oxygen atoms in total. The molecule has 70 valence electrons. The fourth-order valence-electron chi connectivity index (χ4n) is 0.967. The summed E-state index contributed by atoms with van der Waals surface area (Å²) in [6, 6.07) is 2.94. The first-order chi connectivity index (χ1) is 5.96. The van der Waals surface area contributed by atoms with Gasteiger partial charge in [-0.3, -0.25) is 4.79 Å². The van der Waals surface area contributed by atoms with E-state index in [-0.39, 0.29) is 5.56 Å². The zero-order valence-electron chi connectivity index (χ0n) is 7.41. The lowest BCUT2D eigenvalue weighted by Gasteiger charge is -2.19. The lowest BCUT2D eigenvalue weighted by molar-refractivity contribution is -0.142. The van der Waals surface area contributed by atoms with Gasteiger partial charge in [-0.25, -0.2) is 4.98 Å². The molecule has 1 aromatic rings. The molecule has 0 amide bonds. The van der Waals surface area contributed by atoms with Crippen LogP contribution >= 0.6 is 0 Å². The van der Waals surface area contributed by atoms with Crippen LogP contribution in [0.25, 0.3) is 0 Å². The summed E-state index contributed by atoms with van der Waals surface area (Å²) in [5.41, 5.74) is -1.14. The van der Waals surface area contributed by atoms with Gasteiger partial charge >= 0.3 is 5.97 Å². The van der Waals surface area contributed by atoms with Gasteiger partial charge in [-0.2, -0.15) is 4.39 Å². The molecular weight excluding hydrogens is 173 g/mol.